The van der Waals surface area contributed by atoms with E-state index in [2.05, 4.69) is 11.4 Å². The Labute approximate surface area is 117 Å². The zero-order valence-electron chi connectivity index (χ0n) is 10.5. The first-order valence-electron chi connectivity index (χ1n) is 6.71. The summed E-state index contributed by atoms with van der Waals surface area (Å²) < 4.78 is 0. The van der Waals surface area contributed by atoms with E-state index in [1.807, 2.05) is 0 Å². The van der Waals surface area contributed by atoms with E-state index in [-0.39, 0.29) is 11.8 Å². The fourth-order valence-electron chi connectivity index (χ4n) is 3.29. The monoisotopic (exact) mass is 274 g/mol. The molecule has 2 unspecified atom stereocenters. The van der Waals surface area contributed by atoms with E-state index in [1.165, 1.54) is 25.7 Å². The van der Waals surface area contributed by atoms with E-state index in [1.54, 1.807) is 18.2 Å². The molecule has 0 bridgehead atoms. The zero-order chi connectivity index (χ0) is 13.4. The van der Waals surface area contributed by atoms with Crippen LogP contribution in [0.15, 0.2) is 18.2 Å². The number of hydrogen-bond donors (Lipinski definition) is 1. The zero-order valence-corrected chi connectivity index (χ0v) is 11.3. The van der Waals surface area contributed by atoms with Crippen LogP contribution in [0.25, 0.3) is 0 Å². The molecule has 3 nitrogen and oxygen atoms in total. The second-order valence-corrected chi connectivity index (χ2v) is 5.84. The van der Waals surface area contributed by atoms with Crippen LogP contribution < -0.4 is 5.32 Å². The number of hydrogen-bond acceptors (Lipinski definition) is 2. The van der Waals surface area contributed by atoms with Crippen molar-refractivity contribution in [2.45, 2.75) is 25.7 Å². The third kappa shape index (κ3) is 2.33. The number of carbonyl (C=O) groups is 1. The number of fused-ring (bicyclic) bond motifs is 1. The molecule has 4 heteroatoms. The average Bonchev–Trinajstić information content (AvgIpc) is 3.15. The summed E-state index contributed by atoms with van der Waals surface area (Å²) in [5.41, 5.74) is 1.06. The number of nitrogens with one attached hydrogen (secondary N) is 1. The molecule has 1 aromatic rings. The maximum absolute atomic E-state index is 12.2. The lowest BCUT2D eigenvalue weighted by Crippen LogP contribution is -2.15. The third-order valence-electron chi connectivity index (χ3n) is 4.31. The summed E-state index contributed by atoms with van der Waals surface area (Å²) in [5.74, 6) is 1.37. The number of carbonyl (C=O) groups excluding carboxylic acids is 1. The van der Waals surface area contributed by atoms with Crippen LogP contribution >= 0.6 is 11.6 Å². The fraction of sp³-hybridized carbons (Fsp3) is 0.467. The van der Waals surface area contributed by atoms with E-state index in [0.29, 0.717) is 28.1 Å². The van der Waals surface area contributed by atoms with Crippen LogP contribution in [0.3, 0.4) is 0 Å². The van der Waals surface area contributed by atoms with Crippen LogP contribution in [0.1, 0.15) is 31.2 Å². The second-order valence-electron chi connectivity index (χ2n) is 5.43. The molecule has 98 valence electrons. The Kier molecular flexibility index (Phi) is 3.20. The molecule has 2 saturated carbocycles. The van der Waals surface area contributed by atoms with Crippen LogP contribution in [-0.4, -0.2) is 5.91 Å². The van der Waals surface area contributed by atoms with Crippen molar-refractivity contribution in [3.05, 3.63) is 28.8 Å². The Morgan fingerprint density at radius 2 is 2.00 bits per heavy atom. The highest BCUT2D eigenvalue weighted by Crippen LogP contribution is 2.55. The van der Waals surface area contributed by atoms with Crippen molar-refractivity contribution < 1.29 is 4.79 Å². The van der Waals surface area contributed by atoms with Crippen molar-refractivity contribution in [3.63, 3.8) is 0 Å². The van der Waals surface area contributed by atoms with Gasteiger partial charge in [-0.3, -0.25) is 4.79 Å². The van der Waals surface area contributed by atoms with Gasteiger partial charge in [0.05, 0.1) is 22.3 Å². The van der Waals surface area contributed by atoms with Gasteiger partial charge in [0.2, 0.25) is 5.91 Å². The number of nitrogens with zero attached hydrogens (tertiary/aromatic N) is 1. The van der Waals surface area contributed by atoms with Gasteiger partial charge in [-0.1, -0.05) is 24.4 Å². The van der Waals surface area contributed by atoms with Gasteiger partial charge < -0.3 is 5.32 Å². The topological polar surface area (TPSA) is 52.9 Å². The molecular weight excluding hydrogens is 260 g/mol. The molecule has 0 spiro atoms. The van der Waals surface area contributed by atoms with Gasteiger partial charge in [-0.2, -0.15) is 5.26 Å². The minimum absolute atomic E-state index is 0.0638. The fourth-order valence-corrected chi connectivity index (χ4v) is 3.45. The molecule has 0 radical (unpaired) electrons. The average molecular weight is 275 g/mol. The smallest absolute Gasteiger partial charge is 0.228 e. The Bertz CT molecular complexity index is 552. The highest BCUT2D eigenvalue weighted by Gasteiger charge is 2.54. The van der Waals surface area contributed by atoms with Crippen molar-refractivity contribution in [1.29, 1.82) is 5.26 Å². The Morgan fingerprint density at radius 1 is 1.32 bits per heavy atom. The molecule has 1 aromatic carbocycles. The van der Waals surface area contributed by atoms with E-state index < -0.39 is 0 Å². The van der Waals surface area contributed by atoms with Gasteiger partial charge in [0.25, 0.3) is 0 Å². The van der Waals surface area contributed by atoms with Gasteiger partial charge in [-0.15, -0.1) is 0 Å². The lowest BCUT2D eigenvalue weighted by Gasteiger charge is -2.07. The summed E-state index contributed by atoms with van der Waals surface area (Å²) in [4.78, 5) is 12.2. The number of benzene rings is 1. The van der Waals surface area contributed by atoms with Crippen molar-refractivity contribution in [3.8, 4) is 6.07 Å². The third-order valence-corrected chi connectivity index (χ3v) is 4.64. The number of rotatable bonds is 2. The number of amides is 1. The Morgan fingerprint density at radius 3 is 2.63 bits per heavy atom. The summed E-state index contributed by atoms with van der Waals surface area (Å²) in [6.07, 6.45) is 4.84. The predicted octanol–water partition coefficient (Wildman–Crippen LogP) is 3.59. The van der Waals surface area contributed by atoms with E-state index in [0.717, 1.165) is 0 Å². The molecule has 0 saturated heterocycles. The lowest BCUT2D eigenvalue weighted by molar-refractivity contribution is -0.117. The molecule has 0 heterocycles. The molecular formula is C15H15ClN2O. The van der Waals surface area contributed by atoms with Crippen molar-refractivity contribution in [1.82, 2.24) is 0 Å². The minimum Gasteiger partial charge on any atom is -0.324 e. The first kappa shape index (κ1) is 12.5. The van der Waals surface area contributed by atoms with Crippen molar-refractivity contribution >= 4 is 23.2 Å². The van der Waals surface area contributed by atoms with E-state index >= 15 is 0 Å². The standard InChI is InChI=1S/C15H15ClN2O/c16-12-6-5-9(8-17)7-13(12)18-15(19)14-10-3-1-2-4-11(10)14/h5-7,10-11,14H,1-4H2,(H,18,19). The molecule has 1 amide bonds. The van der Waals surface area contributed by atoms with Crippen LogP contribution in [0.4, 0.5) is 5.69 Å². The number of halogens is 1. The van der Waals surface area contributed by atoms with Crippen LogP contribution in [0, 0.1) is 29.1 Å². The van der Waals surface area contributed by atoms with Crippen LogP contribution in [0.5, 0.6) is 0 Å². The largest absolute Gasteiger partial charge is 0.324 e. The van der Waals surface area contributed by atoms with E-state index in [9.17, 15) is 4.79 Å². The van der Waals surface area contributed by atoms with Gasteiger partial charge in [-0.25, -0.2) is 0 Å². The quantitative estimate of drug-likeness (QED) is 0.896. The number of nitriles is 1. The summed E-state index contributed by atoms with van der Waals surface area (Å²) in [5, 5.41) is 12.2. The molecule has 0 aliphatic heterocycles. The lowest BCUT2D eigenvalue weighted by atomic mass is 10.0. The minimum atomic E-state index is 0.0638. The summed E-state index contributed by atoms with van der Waals surface area (Å²) in [6.45, 7) is 0. The summed E-state index contributed by atoms with van der Waals surface area (Å²) >= 11 is 6.05. The van der Waals surface area contributed by atoms with Gasteiger partial charge in [0, 0.05) is 5.92 Å². The first-order valence-corrected chi connectivity index (χ1v) is 7.09. The molecule has 2 fully saturated rings. The van der Waals surface area contributed by atoms with Gasteiger partial charge in [0.15, 0.2) is 0 Å². The molecule has 0 aromatic heterocycles. The van der Waals surface area contributed by atoms with E-state index in [4.69, 9.17) is 16.9 Å². The van der Waals surface area contributed by atoms with Gasteiger partial charge in [0.1, 0.15) is 0 Å². The molecule has 1 N–H and O–H groups in total. The summed E-state index contributed by atoms with van der Waals surface area (Å²) in [7, 11) is 0. The molecule has 2 aliphatic carbocycles. The molecule has 2 atom stereocenters. The van der Waals surface area contributed by atoms with Gasteiger partial charge >= 0.3 is 0 Å². The second kappa shape index (κ2) is 4.86. The first-order chi connectivity index (χ1) is 9.20. The number of anilines is 1. The predicted molar refractivity (Wildman–Crippen MR) is 73.7 cm³/mol. The maximum atomic E-state index is 12.2. The highest BCUT2D eigenvalue weighted by atomic mass is 35.5. The summed E-state index contributed by atoms with van der Waals surface area (Å²) in [6, 6.07) is 6.98. The normalized spacial score (nSPS) is 28.1. The van der Waals surface area contributed by atoms with Crippen LogP contribution in [0.2, 0.25) is 5.02 Å². The Balaban J connectivity index is 1.72. The maximum Gasteiger partial charge on any atom is 0.228 e. The van der Waals surface area contributed by atoms with Crippen molar-refractivity contribution in [2.75, 3.05) is 5.32 Å². The van der Waals surface area contributed by atoms with Crippen molar-refractivity contribution in [2.24, 2.45) is 17.8 Å². The SMILES string of the molecule is N#Cc1ccc(Cl)c(NC(=O)C2C3CCCCC32)c1. The highest BCUT2D eigenvalue weighted by molar-refractivity contribution is 6.33. The van der Waals surface area contributed by atoms with Crippen LogP contribution in [-0.2, 0) is 4.79 Å². The molecule has 2 aliphatic rings. The Hall–Kier alpha value is -1.53. The molecule has 19 heavy (non-hydrogen) atoms. The van der Waals surface area contributed by atoms with Gasteiger partial charge in [-0.05, 0) is 42.9 Å². The molecule has 3 rings (SSSR count).